The molecule has 1 atom stereocenters. The second-order valence-corrected chi connectivity index (χ2v) is 6.59. The number of likely N-dealkylation sites (tertiary alicyclic amines) is 1. The lowest BCUT2D eigenvalue weighted by molar-refractivity contribution is -0.137. The number of hydrogen-bond donors (Lipinski definition) is 2. The Morgan fingerprint density at radius 2 is 2.11 bits per heavy atom. The van der Waals surface area contributed by atoms with E-state index in [1.54, 1.807) is 7.05 Å². The summed E-state index contributed by atoms with van der Waals surface area (Å²) in [6, 6.07) is 7.42. The van der Waals surface area contributed by atoms with Crippen molar-refractivity contribution in [2.45, 2.75) is 12.0 Å². The fourth-order valence-electron chi connectivity index (χ4n) is 3.16. The first kappa shape index (κ1) is 17.0. The zero-order valence-corrected chi connectivity index (χ0v) is 15.0. The van der Waals surface area contributed by atoms with E-state index in [4.69, 9.17) is 5.73 Å². The summed E-state index contributed by atoms with van der Waals surface area (Å²) in [7, 11) is 3.51. The van der Waals surface area contributed by atoms with Crippen LogP contribution in [-0.4, -0.2) is 54.6 Å². The zero-order valence-electron chi connectivity index (χ0n) is 15.0. The number of anilines is 1. The summed E-state index contributed by atoms with van der Waals surface area (Å²) in [6.07, 6.45) is 1.71. The molecule has 0 radical (unpaired) electrons. The largest absolute Gasteiger partial charge is 0.382 e. The van der Waals surface area contributed by atoms with Crippen molar-refractivity contribution in [1.82, 2.24) is 24.4 Å². The second kappa shape index (κ2) is 6.07. The third-order valence-electron chi connectivity index (χ3n) is 4.73. The molecule has 0 aliphatic carbocycles. The molecule has 0 spiro atoms. The van der Waals surface area contributed by atoms with Gasteiger partial charge in [0.05, 0.1) is 0 Å². The number of nitrogens with two attached hydrogens (primary N) is 1. The summed E-state index contributed by atoms with van der Waals surface area (Å²) in [5.74, 6) is 6.28. The second-order valence-electron chi connectivity index (χ2n) is 6.59. The molecule has 27 heavy (non-hydrogen) atoms. The van der Waals surface area contributed by atoms with Crippen molar-refractivity contribution in [2.24, 2.45) is 7.05 Å². The monoisotopic (exact) mass is 362 g/mol. The lowest BCUT2D eigenvalue weighted by atomic mass is 10.0. The number of aromatic nitrogens is 4. The minimum absolute atomic E-state index is 0.303. The smallest absolute Gasteiger partial charge is 0.267 e. The van der Waals surface area contributed by atoms with Gasteiger partial charge in [0.25, 0.3) is 5.91 Å². The fourth-order valence-corrected chi connectivity index (χ4v) is 3.16. The van der Waals surface area contributed by atoms with Crippen molar-refractivity contribution in [2.75, 3.05) is 19.3 Å². The van der Waals surface area contributed by atoms with Crippen molar-refractivity contribution in [3.63, 3.8) is 0 Å². The minimum Gasteiger partial charge on any atom is -0.382 e. The van der Waals surface area contributed by atoms with E-state index < -0.39 is 5.60 Å². The Bertz CT molecular complexity index is 1130. The summed E-state index contributed by atoms with van der Waals surface area (Å²) >= 11 is 0. The van der Waals surface area contributed by atoms with Crippen LogP contribution in [-0.2, 0) is 11.8 Å². The van der Waals surface area contributed by atoms with E-state index in [0.29, 0.717) is 41.3 Å². The Labute approximate surface area is 155 Å². The van der Waals surface area contributed by atoms with Crippen LogP contribution in [0.15, 0.2) is 30.6 Å². The number of amides is 1. The predicted molar refractivity (Wildman–Crippen MR) is 100 cm³/mol. The van der Waals surface area contributed by atoms with Gasteiger partial charge in [0.15, 0.2) is 17.0 Å². The van der Waals surface area contributed by atoms with Crippen molar-refractivity contribution >= 4 is 22.9 Å². The highest BCUT2D eigenvalue weighted by Crippen LogP contribution is 2.25. The lowest BCUT2D eigenvalue weighted by Gasteiger charge is -2.13. The number of benzene rings is 1. The number of aryl methyl sites for hydroxylation is 1. The quantitative estimate of drug-likeness (QED) is 0.612. The van der Waals surface area contributed by atoms with E-state index in [1.807, 2.05) is 35.9 Å². The summed E-state index contributed by atoms with van der Waals surface area (Å²) in [4.78, 5) is 26.3. The van der Waals surface area contributed by atoms with Gasteiger partial charge in [-0.1, -0.05) is 24.0 Å². The standard InChI is InChI=1S/C19H18N6O2/c1-24-9-8-19(27,18(24)26)7-6-12-4-3-5-13(10-12)16-23-14-15(20)21-11-22-17(14)25(16)2/h3-5,10-11,27H,8-9H2,1-2H3,(H2,20,21,22). The number of nitrogen functional groups attached to an aromatic ring is 1. The highest BCUT2D eigenvalue weighted by molar-refractivity contribution is 5.90. The molecule has 0 bridgehead atoms. The predicted octanol–water partition coefficient (Wildman–Crippen LogP) is 0.557. The highest BCUT2D eigenvalue weighted by atomic mass is 16.3. The van der Waals surface area contributed by atoms with E-state index in [2.05, 4.69) is 26.8 Å². The van der Waals surface area contributed by atoms with Crippen molar-refractivity contribution in [3.8, 4) is 23.2 Å². The Morgan fingerprint density at radius 3 is 2.81 bits per heavy atom. The molecule has 1 amide bonds. The molecular formula is C19H18N6O2. The molecule has 1 unspecified atom stereocenters. The number of nitrogens with zero attached hydrogens (tertiary/aromatic N) is 5. The van der Waals surface area contributed by atoms with Crippen LogP contribution in [0.4, 0.5) is 5.82 Å². The van der Waals surface area contributed by atoms with Crippen LogP contribution in [0.2, 0.25) is 0 Å². The average molecular weight is 362 g/mol. The first-order valence-corrected chi connectivity index (χ1v) is 8.43. The van der Waals surface area contributed by atoms with E-state index in [1.165, 1.54) is 11.2 Å². The zero-order chi connectivity index (χ0) is 19.2. The van der Waals surface area contributed by atoms with Gasteiger partial charge < -0.3 is 20.3 Å². The third-order valence-corrected chi connectivity index (χ3v) is 4.73. The molecule has 1 aromatic carbocycles. The van der Waals surface area contributed by atoms with Crippen LogP contribution in [0.3, 0.4) is 0 Å². The van der Waals surface area contributed by atoms with Gasteiger partial charge in [0.1, 0.15) is 12.2 Å². The molecule has 8 heteroatoms. The molecule has 136 valence electrons. The van der Waals surface area contributed by atoms with Gasteiger partial charge in [-0.05, 0) is 12.1 Å². The van der Waals surface area contributed by atoms with Gasteiger partial charge in [-0.2, -0.15) is 0 Å². The molecule has 2 aromatic heterocycles. The first-order valence-electron chi connectivity index (χ1n) is 8.43. The van der Waals surface area contributed by atoms with Gasteiger partial charge >= 0.3 is 0 Å². The first-order chi connectivity index (χ1) is 12.9. The van der Waals surface area contributed by atoms with Crippen molar-refractivity contribution in [1.29, 1.82) is 0 Å². The summed E-state index contributed by atoms with van der Waals surface area (Å²) in [5, 5.41) is 10.4. The van der Waals surface area contributed by atoms with E-state index in [-0.39, 0.29) is 5.91 Å². The molecule has 3 heterocycles. The number of imidazole rings is 1. The number of hydrogen-bond acceptors (Lipinski definition) is 6. The van der Waals surface area contributed by atoms with Crippen LogP contribution in [0, 0.1) is 11.8 Å². The molecule has 8 nitrogen and oxygen atoms in total. The van der Waals surface area contributed by atoms with E-state index in [9.17, 15) is 9.90 Å². The van der Waals surface area contributed by atoms with Crippen molar-refractivity contribution < 1.29 is 9.90 Å². The van der Waals surface area contributed by atoms with E-state index in [0.717, 1.165) is 5.56 Å². The molecule has 1 aliphatic heterocycles. The molecule has 1 saturated heterocycles. The maximum absolute atomic E-state index is 12.0. The third kappa shape index (κ3) is 2.78. The Kier molecular flexibility index (Phi) is 3.82. The summed E-state index contributed by atoms with van der Waals surface area (Å²) < 4.78 is 1.84. The topological polar surface area (TPSA) is 110 Å². The highest BCUT2D eigenvalue weighted by Gasteiger charge is 2.42. The summed E-state index contributed by atoms with van der Waals surface area (Å²) in [6.45, 7) is 0.492. The van der Waals surface area contributed by atoms with Gasteiger partial charge in [-0.25, -0.2) is 15.0 Å². The SMILES string of the molecule is CN1CCC(O)(C#Cc2cccc(-c3nc4c(N)ncnc4n3C)c2)C1=O. The number of carbonyl (C=O) groups is 1. The molecular weight excluding hydrogens is 344 g/mol. The fraction of sp³-hybridized carbons (Fsp3) is 0.263. The molecule has 1 aliphatic rings. The summed E-state index contributed by atoms with van der Waals surface area (Å²) in [5.41, 5.74) is 6.95. The Morgan fingerprint density at radius 1 is 1.30 bits per heavy atom. The number of fused-ring (bicyclic) bond motifs is 1. The maximum atomic E-state index is 12.0. The van der Waals surface area contributed by atoms with E-state index >= 15 is 0 Å². The van der Waals surface area contributed by atoms with Crippen LogP contribution in [0.5, 0.6) is 0 Å². The van der Waals surface area contributed by atoms with Gasteiger partial charge in [-0.3, -0.25) is 4.79 Å². The lowest BCUT2D eigenvalue weighted by Crippen LogP contribution is -2.37. The van der Waals surface area contributed by atoms with Gasteiger partial charge in [-0.15, -0.1) is 0 Å². The van der Waals surface area contributed by atoms with Crippen LogP contribution < -0.4 is 5.73 Å². The Balaban J connectivity index is 1.73. The van der Waals surface area contributed by atoms with Crippen LogP contribution >= 0.6 is 0 Å². The molecule has 1 fully saturated rings. The molecule has 0 saturated carbocycles. The molecule has 3 aromatic rings. The number of likely N-dealkylation sites (N-methyl/N-ethyl adjacent to an activating group) is 1. The molecule has 4 rings (SSSR count). The van der Waals surface area contributed by atoms with Crippen LogP contribution in [0.25, 0.3) is 22.6 Å². The maximum Gasteiger partial charge on any atom is 0.267 e. The normalized spacial score (nSPS) is 19.4. The van der Waals surface area contributed by atoms with Crippen LogP contribution in [0.1, 0.15) is 12.0 Å². The number of carbonyl (C=O) groups excluding carboxylic acids is 1. The van der Waals surface area contributed by atoms with Gasteiger partial charge in [0.2, 0.25) is 5.60 Å². The minimum atomic E-state index is -1.62. The van der Waals surface area contributed by atoms with Gasteiger partial charge in [0, 0.05) is 38.2 Å². The molecule has 3 N–H and O–H groups in total. The number of rotatable bonds is 1. The van der Waals surface area contributed by atoms with Crippen molar-refractivity contribution in [3.05, 3.63) is 36.2 Å². The average Bonchev–Trinajstić information content (AvgIpc) is 3.14. The number of aliphatic hydroxyl groups is 1. The Hall–Kier alpha value is -3.44.